The fourth-order valence-corrected chi connectivity index (χ4v) is 3.07. The Bertz CT molecular complexity index is 590. The summed E-state index contributed by atoms with van der Waals surface area (Å²) in [5.74, 6) is 0. The van der Waals surface area contributed by atoms with Gasteiger partial charge in [0.1, 0.15) is 0 Å². The van der Waals surface area contributed by atoms with E-state index in [4.69, 9.17) is 11.5 Å². The van der Waals surface area contributed by atoms with Gasteiger partial charge in [0.15, 0.2) is 0 Å². The Hall–Kier alpha value is -1.70. The Morgan fingerprint density at radius 2 is 1.41 bits per heavy atom. The lowest BCUT2D eigenvalue weighted by Crippen LogP contribution is -1.97. The van der Waals surface area contributed by atoms with Crippen molar-refractivity contribution in [1.82, 2.24) is 0 Å². The summed E-state index contributed by atoms with van der Waals surface area (Å²) < 4.78 is 0. The Morgan fingerprint density at radius 3 is 2.14 bits per heavy atom. The van der Waals surface area contributed by atoms with E-state index in [0.717, 1.165) is 23.2 Å². The first kappa shape index (κ1) is 16.7. The van der Waals surface area contributed by atoms with E-state index in [1.54, 1.807) is 0 Å². The summed E-state index contributed by atoms with van der Waals surface area (Å²) in [6, 6.07) is 10.3. The summed E-state index contributed by atoms with van der Waals surface area (Å²) in [5.41, 5.74) is 15.2. The smallest absolute Gasteiger partial charge is 0.0427 e. The number of rotatable bonds is 9. The second-order valence-corrected chi connectivity index (χ2v) is 6.34. The Balaban J connectivity index is 1.81. The van der Waals surface area contributed by atoms with Crippen molar-refractivity contribution < 1.29 is 0 Å². The first-order valence-electron chi connectivity index (χ1n) is 8.79. The highest BCUT2D eigenvalue weighted by Crippen LogP contribution is 2.28. The number of nitrogen functional groups attached to an aromatic ring is 2. The van der Waals surface area contributed by atoms with Crippen molar-refractivity contribution in [3.63, 3.8) is 0 Å². The average molecular weight is 298 g/mol. The number of anilines is 2. The first-order valence-corrected chi connectivity index (χ1v) is 8.79. The van der Waals surface area contributed by atoms with Gasteiger partial charge in [-0.1, -0.05) is 70.1 Å². The highest BCUT2D eigenvalue weighted by Gasteiger charge is 2.05. The van der Waals surface area contributed by atoms with Gasteiger partial charge >= 0.3 is 0 Å². The lowest BCUT2D eigenvalue weighted by Gasteiger charge is -2.10. The van der Waals surface area contributed by atoms with Crippen molar-refractivity contribution in [2.75, 3.05) is 11.5 Å². The molecule has 0 fully saturated rings. The SMILES string of the molecule is CCCCCCCCCCc1ccc2ccc(N)cc2c1N. The molecule has 0 unspecified atom stereocenters. The molecule has 22 heavy (non-hydrogen) atoms. The largest absolute Gasteiger partial charge is 0.399 e. The third-order valence-corrected chi connectivity index (χ3v) is 4.48. The molecule has 0 spiro atoms. The number of hydrogen-bond acceptors (Lipinski definition) is 2. The number of hydrogen-bond donors (Lipinski definition) is 2. The first-order chi connectivity index (χ1) is 10.7. The normalized spacial score (nSPS) is 11.1. The van der Waals surface area contributed by atoms with Crippen LogP contribution < -0.4 is 11.5 Å². The molecule has 0 aliphatic carbocycles. The lowest BCUT2D eigenvalue weighted by molar-refractivity contribution is 0.576. The molecule has 2 heteroatoms. The van der Waals surface area contributed by atoms with Crippen LogP contribution in [0.5, 0.6) is 0 Å². The van der Waals surface area contributed by atoms with Crippen LogP contribution in [0.25, 0.3) is 10.8 Å². The minimum absolute atomic E-state index is 0.781. The maximum atomic E-state index is 6.33. The second-order valence-electron chi connectivity index (χ2n) is 6.34. The number of unbranched alkanes of at least 4 members (excludes halogenated alkanes) is 7. The number of aryl methyl sites for hydroxylation is 1. The summed E-state index contributed by atoms with van der Waals surface area (Å²) in [6.07, 6.45) is 11.8. The van der Waals surface area contributed by atoms with Crippen molar-refractivity contribution in [2.24, 2.45) is 0 Å². The van der Waals surface area contributed by atoms with E-state index in [1.807, 2.05) is 18.2 Å². The van der Waals surface area contributed by atoms with E-state index in [0.29, 0.717) is 0 Å². The van der Waals surface area contributed by atoms with Crippen LogP contribution in [0.4, 0.5) is 11.4 Å². The fraction of sp³-hybridized carbons (Fsp3) is 0.500. The summed E-state index contributed by atoms with van der Waals surface area (Å²) in [4.78, 5) is 0. The molecule has 0 bridgehead atoms. The molecule has 0 saturated heterocycles. The summed E-state index contributed by atoms with van der Waals surface area (Å²) >= 11 is 0. The maximum absolute atomic E-state index is 6.33. The molecule has 0 heterocycles. The van der Waals surface area contributed by atoms with Gasteiger partial charge in [-0.05, 0) is 35.9 Å². The van der Waals surface area contributed by atoms with Crippen LogP contribution in [0, 0.1) is 0 Å². The van der Waals surface area contributed by atoms with Gasteiger partial charge in [-0.2, -0.15) is 0 Å². The van der Waals surface area contributed by atoms with E-state index in [-0.39, 0.29) is 0 Å². The zero-order chi connectivity index (χ0) is 15.8. The van der Waals surface area contributed by atoms with Crippen LogP contribution in [0.3, 0.4) is 0 Å². The van der Waals surface area contributed by atoms with Gasteiger partial charge in [-0.25, -0.2) is 0 Å². The van der Waals surface area contributed by atoms with Gasteiger partial charge in [0.25, 0.3) is 0 Å². The van der Waals surface area contributed by atoms with Gasteiger partial charge in [0.05, 0.1) is 0 Å². The average Bonchev–Trinajstić information content (AvgIpc) is 2.52. The van der Waals surface area contributed by atoms with Crippen molar-refractivity contribution >= 4 is 22.1 Å². The van der Waals surface area contributed by atoms with Crippen molar-refractivity contribution in [3.8, 4) is 0 Å². The van der Waals surface area contributed by atoms with E-state index < -0.39 is 0 Å². The standard InChI is InChI=1S/C20H30N2/c1-2-3-4-5-6-7-8-9-10-17-12-11-16-13-14-18(21)15-19(16)20(17)22/h11-15H,2-10,21-22H2,1H3. The van der Waals surface area contributed by atoms with E-state index >= 15 is 0 Å². The monoisotopic (exact) mass is 298 g/mol. The topological polar surface area (TPSA) is 52.0 Å². The van der Waals surface area contributed by atoms with Crippen LogP contribution in [0.15, 0.2) is 30.3 Å². The predicted molar refractivity (Wildman–Crippen MR) is 99.1 cm³/mol. The molecule has 2 nitrogen and oxygen atoms in total. The Kier molecular flexibility index (Phi) is 6.57. The molecule has 0 amide bonds. The molecule has 0 saturated carbocycles. The third kappa shape index (κ3) is 4.66. The summed E-state index contributed by atoms with van der Waals surface area (Å²) in [7, 11) is 0. The highest BCUT2D eigenvalue weighted by molar-refractivity contribution is 5.96. The Labute approximate surface area is 134 Å². The number of benzene rings is 2. The van der Waals surface area contributed by atoms with E-state index in [2.05, 4.69) is 19.1 Å². The van der Waals surface area contributed by atoms with Crippen LogP contribution in [0.1, 0.15) is 63.9 Å². The van der Waals surface area contributed by atoms with Gasteiger partial charge in [0, 0.05) is 16.8 Å². The molecule has 0 aromatic heterocycles. The molecule has 2 aromatic carbocycles. The van der Waals surface area contributed by atoms with Crippen molar-refractivity contribution in [2.45, 2.75) is 64.7 Å². The van der Waals surface area contributed by atoms with Crippen molar-refractivity contribution in [3.05, 3.63) is 35.9 Å². The number of nitrogens with two attached hydrogens (primary N) is 2. The second kappa shape index (κ2) is 8.67. The molecular weight excluding hydrogens is 268 g/mol. The molecule has 2 aromatic rings. The van der Waals surface area contributed by atoms with Gasteiger partial charge in [-0.15, -0.1) is 0 Å². The molecular formula is C20H30N2. The quantitative estimate of drug-likeness (QED) is 0.461. The molecule has 0 radical (unpaired) electrons. The number of fused-ring (bicyclic) bond motifs is 1. The molecule has 0 aliphatic heterocycles. The van der Waals surface area contributed by atoms with E-state index in [9.17, 15) is 0 Å². The minimum atomic E-state index is 0.781. The predicted octanol–water partition coefficient (Wildman–Crippen LogP) is 5.69. The zero-order valence-electron chi connectivity index (χ0n) is 13.9. The van der Waals surface area contributed by atoms with Crippen molar-refractivity contribution in [1.29, 1.82) is 0 Å². The van der Waals surface area contributed by atoms with Gasteiger partial charge in [-0.3, -0.25) is 0 Å². The third-order valence-electron chi connectivity index (χ3n) is 4.48. The zero-order valence-corrected chi connectivity index (χ0v) is 13.9. The van der Waals surface area contributed by atoms with E-state index in [1.165, 1.54) is 62.3 Å². The van der Waals surface area contributed by atoms with Gasteiger partial charge in [0.2, 0.25) is 0 Å². The molecule has 0 aliphatic rings. The molecule has 0 atom stereocenters. The molecule has 4 N–H and O–H groups in total. The highest BCUT2D eigenvalue weighted by atomic mass is 14.6. The van der Waals surface area contributed by atoms with Crippen LogP contribution in [0.2, 0.25) is 0 Å². The fourth-order valence-electron chi connectivity index (χ4n) is 3.07. The lowest BCUT2D eigenvalue weighted by atomic mass is 9.99. The molecule has 120 valence electrons. The Morgan fingerprint density at radius 1 is 0.773 bits per heavy atom. The summed E-state index contributed by atoms with van der Waals surface area (Å²) in [5, 5.41) is 2.27. The van der Waals surface area contributed by atoms with Crippen LogP contribution in [-0.2, 0) is 6.42 Å². The van der Waals surface area contributed by atoms with Gasteiger partial charge < -0.3 is 11.5 Å². The maximum Gasteiger partial charge on any atom is 0.0427 e. The molecule has 2 rings (SSSR count). The minimum Gasteiger partial charge on any atom is -0.399 e. The van der Waals surface area contributed by atoms with Crippen LogP contribution in [-0.4, -0.2) is 0 Å². The summed E-state index contributed by atoms with van der Waals surface area (Å²) in [6.45, 7) is 2.27. The van der Waals surface area contributed by atoms with Crippen LogP contribution >= 0.6 is 0 Å².